The molecule has 0 bridgehead atoms. The lowest BCUT2D eigenvalue weighted by molar-refractivity contribution is -0.137. The lowest BCUT2D eigenvalue weighted by atomic mass is 10.1. The number of para-hydroxylation sites is 1. The quantitative estimate of drug-likeness (QED) is 0.447. The van der Waals surface area contributed by atoms with Crippen molar-refractivity contribution in [1.29, 1.82) is 0 Å². The van der Waals surface area contributed by atoms with Crippen molar-refractivity contribution in [3.8, 4) is 0 Å². The normalized spacial score (nSPS) is 13.0. The summed E-state index contributed by atoms with van der Waals surface area (Å²) < 4.78 is 10.4. The van der Waals surface area contributed by atoms with E-state index in [1.807, 2.05) is 56.3 Å². The molecular formula is C19H20O3. The summed E-state index contributed by atoms with van der Waals surface area (Å²) in [5.41, 5.74) is 3.91. The summed E-state index contributed by atoms with van der Waals surface area (Å²) in [6, 6.07) is 7.95. The number of carbonyl (C=O) groups excluding carboxylic acids is 1. The van der Waals surface area contributed by atoms with Crippen LogP contribution in [-0.2, 0) is 9.53 Å². The largest absolute Gasteiger partial charge is 0.464 e. The topological polar surface area (TPSA) is 39.4 Å². The molecule has 0 saturated heterocycles. The number of ether oxygens (including phenoxy) is 1. The fourth-order valence-electron chi connectivity index (χ4n) is 2.14. The van der Waals surface area contributed by atoms with E-state index in [1.54, 1.807) is 13.2 Å². The van der Waals surface area contributed by atoms with Crippen molar-refractivity contribution in [1.82, 2.24) is 0 Å². The third-order valence-corrected chi connectivity index (χ3v) is 3.24. The van der Waals surface area contributed by atoms with Crippen LogP contribution in [0.1, 0.15) is 26.3 Å². The van der Waals surface area contributed by atoms with Crippen LogP contribution in [-0.4, -0.2) is 12.6 Å². The van der Waals surface area contributed by atoms with Crippen LogP contribution in [0.2, 0.25) is 0 Å². The van der Waals surface area contributed by atoms with Gasteiger partial charge in [0.2, 0.25) is 0 Å². The van der Waals surface area contributed by atoms with Crippen molar-refractivity contribution in [2.45, 2.75) is 20.8 Å². The van der Waals surface area contributed by atoms with Gasteiger partial charge in [-0.1, -0.05) is 36.4 Å². The molecule has 0 atom stereocenters. The highest BCUT2D eigenvalue weighted by Crippen LogP contribution is 2.26. The molecule has 0 fully saturated rings. The molecule has 1 aromatic carbocycles. The van der Waals surface area contributed by atoms with E-state index in [1.165, 1.54) is 6.08 Å². The molecule has 3 heteroatoms. The van der Waals surface area contributed by atoms with E-state index < -0.39 is 0 Å². The zero-order chi connectivity index (χ0) is 15.9. The molecular weight excluding hydrogens is 276 g/mol. The molecule has 0 unspecified atom stereocenters. The van der Waals surface area contributed by atoms with Crippen molar-refractivity contribution in [2.75, 3.05) is 6.61 Å². The summed E-state index contributed by atoms with van der Waals surface area (Å²) in [5, 5.41) is 1.10. The van der Waals surface area contributed by atoms with Gasteiger partial charge >= 0.3 is 5.97 Å². The summed E-state index contributed by atoms with van der Waals surface area (Å²) in [5.74, 6) is -0.314. The van der Waals surface area contributed by atoms with Crippen LogP contribution in [0.4, 0.5) is 0 Å². The summed E-state index contributed by atoms with van der Waals surface area (Å²) >= 11 is 0. The Bertz CT molecular complexity index is 745. The van der Waals surface area contributed by atoms with Crippen LogP contribution in [0.3, 0.4) is 0 Å². The Morgan fingerprint density at radius 3 is 2.82 bits per heavy atom. The van der Waals surface area contributed by atoms with E-state index in [2.05, 4.69) is 0 Å². The number of hydrogen-bond acceptors (Lipinski definition) is 3. The summed E-state index contributed by atoms with van der Waals surface area (Å²) in [6.45, 7) is 6.08. The van der Waals surface area contributed by atoms with Gasteiger partial charge in [-0.3, -0.25) is 0 Å². The SMILES string of the molecule is CCOC(=O)/C=C(C)/C=C/C=C(/C)c1coc2ccccc12. The fraction of sp³-hybridized carbons (Fsp3) is 0.211. The van der Waals surface area contributed by atoms with Crippen molar-refractivity contribution < 1.29 is 13.9 Å². The average Bonchev–Trinajstić information content (AvgIpc) is 2.91. The molecule has 0 saturated carbocycles. The number of hydrogen-bond donors (Lipinski definition) is 0. The number of fused-ring (bicyclic) bond motifs is 1. The molecule has 0 spiro atoms. The van der Waals surface area contributed by atoms with Gasteiger partial charge in [-0.15, -0.1) is 0 Å². The summed E-state index contributed by atoms with van der Waals surface area (Å²) in [4.78, 5) is 11.3. The van der Waals surface area contributed by atoms with Crippen LogP contribution in [0, 0.1) is 0 Å². The Labute approximate surface area is 130 Å². The first-order valence-electron chi connectivity index (χ1n) is 7.28. The van der Waals surface area contributed by atoms with Crippen molar-refractivity contribution >= 4 is 22.5 Å². The van der Waals surface area contributed by atoms with Crippen molar-refractivity contribution in [3.63, 3.8) is 0 Å². The third kappa shape index (κ3) is 3.98. The van der Waals surface area contributed by atoms with Crippen LogP contribution in [0.15, 0.2) is 64.8 Å². The van der Waals surface area contributed by atoms with Gasteiger partial charge < -0.3 is 9.15 Å². The monoisotopic (exact) mass is 296 g/mol. The Morgan fingerprint density at radius 1 is 1.27 bits per heavy atom. The fourth-order valence-corrected chi connectivity index (χ4v) is 2.14. The Hall–Kier alpha value is -2.55. The van der Waals surface area contributed by atoms with Gasteiger partial charge in [0.15, 0.2) is 0 Å². The van der Waals surface area contributed by atoms with Gasteiger partial charge in [-0.05, 0) is 38.0 Å². The number of allylic oxidation sites excluding steroid dienone is 5. The highest BCUT2D eigenvalue weighted by Gasteiger charge is 2.05. The molecule has 0 aliphatic carbocycles. The Kier molecular flexibility index (Phi) is 5.37. The molecule has 22 heavy (non-hydrogen) atoms. The molecule has 1 aromatic heterocycles. The summed E-state index contributed by atoms with van der Waals surface area (Å²) in [7, 11) is 0. The lowest BCUT2D eigenvalue weighted by Crippen LogP contribution is -1.99. The molecule has 3 nitrogen and oxygen atoms in total. The van der Waals surface area contributed by atoms with E-state index in [0.717, 1.165) is 27.7 Å². The number of esters is 1. The molecule has 0 amide bonds. The number of rotatable bonds is 5. The third-order valence-electron chi connectivity index (χ3n) is 3.24. The van der Waals surface area contributed by atoms with E-state index in [9.17, 15) is 4.79 Å². The first-order chi connectivity index (χ1) is 10.6. The number of benzene rings is 1. The molecule has 0 aliphatic rings. The number of furan rings is 1. The molecule has 0 aliphatic heterocycles. The average molecular weight is 296 g/mol. The van der Waals surface area contributed by atoms with Gasteiger partial charge in [0.05, 0.1) is 12.9 Å². The maximum atomic E-state index is 11.3. The summed E-state index contributed by atoms with van der Waals surface area (Å²) in [6.07, 6.45) is 9.05. The Balaban J connectivity index is 2.13. The smallest absolute Gasteiger partial charge is 0.330 e. The molecule has 1 heterocycles. The maximum Gasteiger partial charge on any atom is 0.330 e. The maximum absolute atomic E-state index is 11.3. The molecule has 2 rings (SSSR count). The lowest BCUT2D eigenvalue weighted by Gasteiger charge is -1.97. The van der Waals surface area contributed by atoms with E-state index in [0.29, 0.717) is 6.61 Å². The van der Waals surface area contributed by atoms with Gasteiger partial charge in [-0.25, -0.2) is 4.79 Å². The minimum Gasteiger partial charge on any atom is -0.464 e. The second-order valence-corrected chi connectivity index (χ2v) is 4.99. The van der Waals surface area contributed by atoms with Crippen LogP contribution < -0.4 is 0 Å². The number of carbonyl (C=O) groups is 1. The first-order valence-corrected chi connectivity index (χ1v) is 7.28. The molecule has 114 valence electrons. The highest BCUT2D eigenvalue weighted by atomic mass is 16.5. The second-order valence-electron chi connectivity index (χ2n) is 4.99. The van der Waals surface area contributed by atoms with Gasteiger partial charge in [0.1, 0.15) is 5.58 Å². The second kappa shape index (κ2) is 7.46. The van der Waals surface area contributed by atoms with Crippen molar-refractivity contribution in [2.24, 2.45) is 0 Å². The minimum atomic E-state index is -0.314. The molecule has 0 radical (unpaired) electrons. The Morgan fingerprint density at radius 2 is 2.05 bits per heavy atom. The minimum absolute atomic E-state index is 0.314. The zero-order valence-electron chi connectivity index (χ0n) is 13.1. The van der Waals surface area contributed by atoms with Crippen LogP contribution in [0.5, 0.6) is 0 Å². The van der Waals surface area contributed by atoms with E-state index in [-0.39, 0.29) is 5.97 Å². The molecule has 0 N–H and O–H groups in total. The van der Waals surface area contributed by atoms with E-state index >= 15 is 0 Å². The zero-order valence-corrected chi connectivity index (χ0v) is 13.1. The predicted molar refractivity (Wildman–Crippen MR) is 89.4 cm³/mol. The van der Waals surface area contributed by atoms with Crippen molar-refractivity contribution in [3.05, 3.63) is 66.0 Å². The standard InChI is InChI=1S/C19H20O3/c1-4-21-19(20)12-14(2)8-7-9-15(3)17-13-22-18-11-6-5-10-16(17)18/h5-13H,4H2,1-3H3/b8-7+,14-12+,15-9-. The van der Waals surface area contributed by atoms with E-state index in [4.69, 9.17) is 9.15 Å². The van der Waals surface area contributed by atoms with Crippen LogP contribution >= 0.6 is 0 Å². The molecule has 2 aromatic rings. The van der Waals surface area contributed by atoms with Gasteiger partial charge in [-0.2, -0.15) is 0 Å². The first kappa shape index (κ1) is 15.8. The van der Waals surface area contributed by atoms with Crippen LogP contribution in [0.25, 0.3) is 16.5 Å². The predicted octanol–water partition coefficient (Wildman–Crippen LogP) is 4.90. The van der Waals surface area contributed by atoms with Gasteiger partial charge in [0.25, 0.3) is 0 Å². The van der Waals surface area contributed by atoms with Gasteiger partial charge in [0, 0.05) is 17.0 Å². The highest BCUT2D eigenvalue weighted by molar-refractivity contribution is 5.90.